The molecular weight excluding hydrogens is 322 g/mol. The molecule has 0 aliphatic carbocycles. The van der Waals surface area contributed by atoms with Crippen molar-refractivity contribution in [2.24, 2.45) is 0 Å². The molecule has 0 unspecified atom stereocenters. The van der Waals surface area contributed by atoms with Gasteiger partial charge in [-0.25, -0.2) is 14.0 Å². The Balaban J connectivity index is 2.10. The molecule has 0 fully saturated rings. The van der Waals surface area contributed by atoms with Crippen molar-refractivity contribution in [2.45, 2.75) is 6.92 Å². The van der Waals surface area contributed by atoms with Gasteiger partial charge in [-0.3, -0.25) is 4.98 Å². The van der Waals surface area contributed by atoms with Crippen molar-refractivity contribution in [3.63, 3.8) is 0 Å². The Hall–Kier alpha value is -3.55. The lowest BCUT2D eigenvalue weighted by Crippen LogP contribution is -2.28. The largest absolute Gasteiger partial charge is 0.462 e. The van der Waals surface area contributed by atoms with Crippen LogP contribution in [0.3, 0.4) is 0 Å². The maximum Gasteiger partial charge on any atom is 0.357 e. The Labute approximate surface area is 141 Å². The van der Waals surface area contributed by atoms with E-state index in [-0.39, 0.29) is 17.8 Å². The number of benzene rings is 1. The van der Waals surface area contributed by atoms with E-state index in [1.165, 1.54) is 9.08 Å². The normalized spacial score (nSPS) is 11.1. The van der Waals surface area contributed by atoms with Crippen LogP contribution in [0.5, 0.6) is 0 Å². The molecule has 0 aliphatic heterocycles. The standard InChI is InChI=1S/C17H13N5O3/c1-2-25-16(23)13-14-12(9-6-10-18-14)21-15(13)19-20-22(17(21)24)11-7-4-3-5-8-11/h3-10H,2H2,1H3. The van der Waals surface area contributed by atoms with Gasteiger partial charge in [-0.15, -0.1) is 5.10 Å². The first-order valence-electron chi connectivity index (χ1n) is 7.70. The van der Waals surface area contributed by atoms with Crippen LogP contribution in [0.1, 0.15) is 17.3 Å². The van der Waals surface area contributed by atoms with Gasteiger partial charge in [0.1, 0.15) is 11.1 Å². The Morgan fingerprint density at radius 2 is 1.96 bits per heavy atom. The van der Waals surface area contributed by atoms with Gasteiger partial charge in [-0.05, 0) is 31.2 Å². The SMILES string of the molecule is CCOC(=O)c1c2ncccc2n2c(=O)n(-c3ccccc3)nnc12. The van der Waals surface area contributed by atoms with Gasteiger partial charge >= 0.3 is 11.7 Å². The minimum absolute atomic E-state index is 0.129. The third-order valence-corrected chi connectivity index (χ3v) is 3.78. The molecule has 0 saturated carbocycles. The molecule has 0 amide bonds. The number of ether oxygens (including phenoxy) is 1. The molecule has 8 nitrogen and oxygen atoms in total. The van der Waals surface area contributed by atoms with Crippen molar-refractivity contribution >= 4 is 22.6 Å². The molecule has 124 valence electrons. The Kier molecular flexibility index (Phi) is 3.50. The summed E-state index contributed by atoms with van der Waals surface area (Å²) >= 11 is 0. The minimum atomic E-state index is -0.583. The van der Waals surface area contributed by atoms with E-state index < -0.39 is 11.7 Å². The van der Waals surface area contributed by atoms with E-state index in [0.717, 1.165) is 0 Å². The molecule has 0 spiro atoms. The summed E-state index contributed by atoms with van der Waals surface area (Å²) in [5, 5.41) is 8.07. The minimum Gasteiger partial charge on any atom is -0.462 e. The Morgan fingerprint density at radius 3 is 2.72 bits per heavy atom. The highest BCUT2D eigenvalue weighted by molar-refractivity contribution is 6.09. The van der Waals surface area contributed by atoms with Crippen molar-refractivity contribution < 1.29 is 9.53 Å². The number of carbonyl (C=O) groups excluding carboxylic acids is 1. The van der Waals surface area contributed by atoms with Crippen molar-refractivity contribution in [3.8, 4) is 5.69 Å². The van der Waals surface area contributed by atoms with Crippen LogP contribution in [-0.4, -0.2) is 37.0 Å². The van der Waals surface area contributed by atoms with Crippen LogP contribution in [0.4, 0.5) is 0 Å². The third-order valence-electron chi connectivity index (χ3n) is 3.78. The Morgan fingerprint density at radius 1 is 1.16 bits per heavy atom. The molecule has 4 rings (SSSR count). The number of aromatic nitrogens is 5. The summed E-state index contributed by atoms with van der Waals surface area (Å²) in [6.07, 6.45) is 1.55. The summed E-state index contributed by atoms with van der Waals surface area (Å²) in [5.74, 6) is -0.583. The number of para-hydroxylation sites is 1. The van der Waals surface area contributed by atoms with Gasteiger partial charge < -0.3 is 4.74 Å². The zero-order chi connectivity index (χ0) is 17.4. The monoisotopic (exact) mass is 335 g/mol. The van der Waals surface area contributed by atoms with Gasteiger partial charge in [-0.2, -0.15) is 4.68 Å². The van der Waals surface area contributed by atoms with Crippen LogP contribution >= 0.6 is 0 Å². The molecule has 4 aromatic rings. The molecule has 1 aromatic carbocycles. The molecule has 0 bridgehead atoms. The van der Waals surface area contributed by atoms with Crippen molar-refractivity contribution in [2.75, 3.05) is 6.61 Å². The maximum atomic E-state index is 13.0. The number of carbonyl (C=O) groups is 1. The summed E-state index contributed by atoms with van der Waals surface area (Å²) in [5.41, 5.74) is 1.24. The molecule has 25 heavy (non-hydrogen) atoms. The van der Waals surface area contributed by atoms with Crippen LogP contribution in [0.15, 0.2) is 53.5 Å². The topological polar surface area (TPSA) is 91.4 Å². The number of nitrogens with zero attached hydrogens (tertiary/aromatic N) is 5. The molecule has 8 heteroatoms. The lowest BCUT2D eigenvalue weighted by molar-refractivity contribution is 0.0530. The fourth-order valence-corrected chi connectivity index (χ4v) is 2.73. The van der Waals surface area contributed by atoms with Crippen LogP contribution < -0.4 is 5.69 Å². The van der Waals surface area contributed by atoms with E-state index in [9.17, 15) is 9.59 Å². The van der Waals surface area contributed by atoms with Gasteiger partial charge in [0, 0.05) is 6.20 Å². The zero-order valence-corrected chi connectivity index (χ0v) is 13.3. The molecule has 0 N–H and O–H groups in total. The summed E-state index contributed by atoms with van der Waals surface area (Å²) in [6.45, 7) is 1.92. The quantitative estimate of drug-likeness (QED) is 0.528. The van der Waals surface area contributed by atoms with Gasteiger partial charge in [0.2, 0.25) is 0 Å². The van der Waals surface area contributed by atoms with E-state index in [1.807, 2.05) is 6.07 Å². The van der Waals surface area contributed by atoms with Crippen LogP contribution in [0, 0.1) is 0 Å². The predicted octanol–water partition coefficient (Wildman–Crippen LogP) is 1.61. The number of fused-ring (bicyclic) bond motifs is 3. The number of rotatable bonds is 3. The second-order valence-electron chi connectivity index (χ2n) is 5.24. The average Bonchev–Trinajstić information content (AvgIpc) is 2.98. The molecule has 0 atom stereocenters. The summed E-state index contributed by atoms with van der Waals surface area (Å²) < 4.78 is 7.59. The van der Waals surface area contributed by atoms with Gasteiger partial charge in [0.15, 0.2) is 5.65 Å². The maximum absolute atomic E-state index is 13.0. The zero-order valence-electron chi connectivity index (χ0n) is 13.3. The lowest BCUT2D eigenvalue weighted by Gasteiger charge is -2.04. The number of esters is 1. The van der Waals surface area contributed by atoms with Crippen molar-refractivity contribution in [1.82, 2.24) is 24.4 Å². The van der Waals surface area contributed by atoms with Crippen LogP contribution in [0.2, 0.25) is 0 Å². The predicted molar refractivity (Wildman–Crippen MR) is 89.8 cm³/mol. The highest BCUT2D eigenvalue weighted by Gasteiger charge is 2.24. The first-order valence-corrected chi connectivity index (χ1v) is 7.70. The molecule has 0 saturated heterocycles. The fourth-order valence-electron chi connectivity index (χ4n) is 2.73. The molecular formula is C17H13N5O3. The second-order valence-corrected chi connectivity index (χ2v) is 5.24. The fraction of sp³-hybridized carbons (Fsp3) is 0.118. The van der Waals surface area contributed by atoms with Crippen LogP contribution in [-0.2, 0) is 4.74 Å². The van der Waals surface area contributed by atoms with Crippen LogP contribution in [0.25, 0.3) is 22.4 Å². The van der Waals surface area contributed by atoms with Crippen molar-refractivity contribution in [3.05, 3.63) is 64.7 Å². The van der Waals surface area contributed by atoms with E-state index in [2.05, 4.69) is 15.3 Å². The number of hydrogen-bond acceptors (Lipinski definition) is 6. The first-order chi connectivity index (χ1) is 12.2. The van der Waals surface area contributed by atoms with Gasteiger partial charge in [0.25, 0.3) is 0 Å². The summed E-state index contributed by atoms with van der Waals surface area (Å²) in [4.78, 5) is 29.6. The lowest BCUT2D eigenvalue weighted by atomic mass is 10.2. The molecule has 3 heterocycles. The highest BCUT2D eigenvalue weighted by Crippen LogP contribution is 2.22. The van der Waals surface area contributed by atoms with E-state index in [0.29, 0.717) is 16.7 Å². The molecule has 0 radical (unpaired) electrons. The second kappa shape index (κ2) is 5.82. The van der Waals surface area contributed by atoms with E-state index in [4.69, 9.17) is 4.74 Å². The van der Waals surface area contributed by atoms with Crippen molar-refractivity contribution in [1.29, 1.82) is 0 Å². The molecule has 3 aromatic heterocycles. The summed E-state index contributed by atoms with van der Waals surface area (Å²) in [7, 11) is 0. The smallest absolute Gasteiger partial charge is 0.357 e. The molecule has 0 aliphatic rings. The highest BCUT2D eigenvalue weighted by atomic mass is 16.5. The van der Waals surface area contributed by atoms with E-state index in [1.54, 1.807) is 49.5 Å². The Bertz CT molecular complexity index is 1150. The average molecular weight is 335 g/mol. The first kappa shape index (κ1) is 15.0. The van der Waals surface area contributed by atoms with E-state index >= 15 is 0 Å². The third kappa shape index (κ3) is 2.26. The summed E-state index contributed by atoms with van der Waals surface area (Å²) in [6, 6.07) is 12.3. The number of pyridine rings is 1. The van der Waals surface area contributed by atoms with Gasteiger partial charge in [0.05, 0.1) is 17.8 Å². The van der Waals surface area contributed by atoms with Gasteiger partial charge in [-0.1, -0.05) is 23.4 Å². The number of hydrogen-bond donors (Lipinski definition) is 0.